The number of carbonyl (C=O) groups is 7. The largest absolute Gasteiger partial charge is 0.682 e. The maximum Gasteiger partial charge on any atom is 0.472 e. The van der Waals surface area contributed by atoms with Crippen molar-refractivity contribution in [2.75, 3.05) is 13.2 Å². The van der Waals surface area contributed by atoms with Gasteiger partial charge < -0.3 is 74.6 Å². The summed E-state index contributed by atoms with van der Waals surface area (Å²) in [5.41, 5.74) is 34.3. The number of fused-ring (bicyclic) bond motifs is 7. The van der Waals surface area contributed by atoms with Crippen molar-refractivity contribution < 1.29 is 88.9 Å². The Kier molecular flexibility index (Phi) is 20.8. The number of aromatic hydroxyl groups is 1. The van der Waals surface area contributed by atoms with Crippen LogP contribution in [0.1, 0.15) is 139 Å². The molecule has 495 valence electrons. The molecule has 0 saturated carbocycles. The number of nitrogens with two attached hydrogens (primary N) is 6. The number of primary amides is 6. The smallest absolute Gasteiger partial charge is 0.472 e. The Morgan fingerprint density at radius 1 is 0.811 bits per heavy atom. The molecular formula is C60H85CoN13O15P-. The number of phosphoric ester groups is 1. The predicted molar refractivity (Wildman–Crippen MR) is 326 cm³/mol. The monoisotopic (exact) mass is 1320 g/mol. The molecule has 15 atom stereocenters. The number of carbonyl (C=O) groups excluding carboxylic acids is 7. The first-order valence-corrected chi connectivity index (χ1v) is 31.3. The molecule has 30 heteroatoms. The Balaban J connectivity index is 0.0000115. The van der Waals surface area contributed by atoms with Gasteiger partial charge in [-0.25, -0.2) is 9.55 Å². The molecule has 1 aromatic heterocycles. The first-order valence-electron chi connectivity index (χ1n) is 29.8. The number of hydrogen-bond acceptors (Lipinski definition) is 18. The molecule has 1 aromatic carbocycles. The number of hydrogen-bond donors (Lipinski definition) is 11. The first kappa shape index (κ1) is 70.8. The van der Waals surface area contributed by atoms with Gasteiger partial charge >= 0.3 is 7.82 Å². The van der Waals surface area contributed by atoms with Crippen molar-refractivity contribution in [3.8, 4) is 5.75 Å². The van der Waals surface area contributed by atoms with Crippen LogP contribution in [0, 0.1) is 45.3 Å². The summed E-state index contributed by atoms with van der Waals surface area (Å²) < 4.78 is 31.8. The number of aliphatic hydroxyl groups excluding tert-OH is 2. The number of aliphatic hydroxyl groups is 2. The minimum atomic E-state index is -5.09. The summed E-state index contributed by atoms with van der Waals surface area (Å²) in [6.07, 6.45) is -4.93. The molecule has 2 fully saturated rings. The van der Waals surface area contributed by atoms with E-state index in [-0.39, 0.29) is 99.7 Å². The molecule has 8 bridgehead atoms. The van der Waals surface area contributed by atoms with Crippen LogP contribution in [0.25, 0.3) is 16.4 Å². The van der Waals surface area contributed by atoms with Gasteiger partial charge in [0.1, 0.15) is 24.1 Å². The average Bonchev–Trinajstić information content (AvgIpc) is 1.53. The van der Waals surface area contributed by atoms with E-state index >= 15 is 0 Å². The van der Waals surface area contributed by atoms with Crippen LogP contribution in [0.2, 0.25) is 0 Å². The zero-order valence-electron chi connectivity index (χ0n) is 52.1. The van der Waals surface area contributed by atoms with Crippen LogP contribution in [-0.4, -0.2) is 137 Å². The van der Waals surface area contributed by atoms with Gasteiger partial charge in [0.25, 0.3) is 0 Å². The van der Waals surface area contributed by atoms with E-state index in [1.165, 1.54) is 36.0 Å². The Labute approximate surface area is 531 Å². The summed E-state index contributed by atoms with van der Waals surface area (Å²) in [5, 5.41) is 39.9. The van der Waals surface area contributed by atoms with Gasteiger partial charge in [-0.05, 0) is 94.1 Å². The molecule has 7 amide bonds. The van der Waals surface area contributed by atoms with Crippen LogP contribution < -0.4 is 39.7 Å². The molecule has 2 saturated heterocycles. The van der Waals surface area contributed by atoms with Crippen molar-refractivity contribution in [3.05, 3.63) is 64.2 Å². The van der Waals surface area contributed by atoms with E-state index in [2.05, 4.69) is 10.3 Å². The summed E-state index contributed by atoms with van der Waals surface area (Å²) in [5.74, 6) is -7.48. The van der Waals surface area contributed by atoms with Gasteiger partial charge in [0, 0.05) is 131 Å². The van der Waals surface area contributed by atoms with Gasteiger partial charge in [-0.2, -0.15) is 5.70 Å². The predicted octanol–water partition coefficient (Wildman–Crippen LogP) is 3.03. The molecule has 2 aromatic rings. The van der Waals surface area contributed by atoms with Gasteiger partial charge in [-0.3, -0.25) is 57.6 Å². The van der Waals surface area contributed by atoms with Gasteiger partial charge in [-0.1, -0.05) is 40.7 Å². The number of rotatable bonds is 26. The van der Waals surface area contributed by atoms with E-state index in [1.54, 1.807) is 13.8 Å². The Hall–Kier alpha value is -6.69. The second-order valence-electron chi connectivity index (χ2n) is 26.3. The number of amides is 7. The fraction of sp³-hybridized carbons (Fsp3) is 0.617. The van der Waals surface area contributed by atoms with E-state index in [0.717, 1.165) is 0 Å². The Morgan fingerprint density at radius 3 is 2.01 bits per heavy atom. The normalized spacial score (nSPS) is 34.1. The number of imidazole rings is 1. The molecule has 6 aliphatic heterocycles. The molecule has 0 spiro atoms. The molecular weight excluding hydrogens is 1230 g/mol. The molecule has 1 radical (unpaired) electrons. The molecule has 0 aliphatic carbocycles. The van der Waals surface area contributed by atoms with Crippen LogP contribution in [0.5, 0.6) is 5.75 Å². The van der Waals surface area contributed by atoms with Crippen LogP contribution in [0.4, 0.5) is 0 Å². The molecule has 3 unspecified atom stereocenters. The third-order valence-electron chi connectivity index (χ3n) is 19.9. The third kappa shape index (κ3) is 13.5. The number of phenols is 1. The zero-order valence-corrected chi connectivity index (χ0v) is 54.0. The summed E-state index contributed by atoms with van der Waals surface area (Å²) in [7, 11) is -5.09. The number of benzene rings is 1. The van der Waals surface area contributed by atoms with Crippen molar-refractivity contribution in [3.63, 3.8) is 0 Å². The second-order valence-corrected chi connectivity index (χ2v) is 27.6. The summed E-state index contributed by atoms with van der Waals surface area (Å²) in [4.78, 5) is 125. The fourth-order valence-corrected chi connectivity index (χ4v) is 16.2. The van der Waals surface area contributed by atoms with Crippen molar-refractivity contribution in [1.82, 2.24) is 14.9 Å². The van der Waals surface area contributed by atoms with Crippen molar-refractivity contribution in [2.45, 2.75) is 175 Å². The van der Waals surface area contributed by atoms with Crippen LogP contribution in [0.15, 0.2) is 73.8 Å². The molecule has 17 N–H and O–H groups in total. The maximum atomic E-state index is 14.3. The minimum Gasteiger partial charge on any atom is -0.682 e. The second kappa shape index (κ2) is 26.5. The van der Waals surface area contributed by atoms with Gasteiger partial charge in [0.05, 0.1) is 41.3 Å². The van der Waals surface area contributed by atoms with Crippen LogP contribution >= 0.6 is 7.82 Å². The molecule has 6 aliphatic rings. The SMILES string of the molecule is C/C1=C2/[N-]C([C@H](CC(N)=O)[C@@]2(C)CCC(=O)NCC(C)OP(=O)(O)O[C@H]2[C@@H](O)[C@@H](n3cnc4cc(O)ccc43)O[C@@H]2CO)[C@]2(C)N=C(/C(C)=C3N=C(/C=C4N=C1[C@@H](CCC(N)=O)C\4(C)C)[C@@H](CCC(N)=O)[C@]\3(C)CC(N)=O)[C@@H](CCC(N)=O)[C@]2(C)CC(N)=O.[Co]. The van der Waals surface area contributed by atoms with Crippen LogP contribution in [0.3, 0.4) is 0 Å². The van der Waals surface area contributed by atoms with Gasteiger partial charge in [-0.15, -0.1) is 0 Å². The number of phosphoric acid groups is 1. The number of phenolic OH excluding ortho intramolecular Hbond substituents is 1. The summed E-state index contributed by atoms with van der Waals surface area (Å²) in [6, 6.07) is 3.26. The number of ether oxygens (including phenoxy) is 1. The number of nitrogens with zero attached hydrogens (tertiary/aromatic N) is 6. The standard InChI is InChI=1S/C60H86N13O15P.Co/c1-28(87-89(84,85)88-51-39(26-74)86-55(50(51)83)73-27-68-37-20-31(75)10-14-38(37)73)25-67-47(82)18-19-57(6)35(21-44(64)79)54-60(9)59(8,24-46(66)81)34(13-17-43(63)78)49(72-60)30(3)53-58(7,23-45(65)80)32(11-15-41(61)76)36(69-53)22-40-56(4,5)33(12-16-42(62)77)48(70-40)29(2)52(57)71-54;/h10,14,20,22,27-28,32-35,39,50-51,54-55,74,83H,11-13,15-19,21,23-26H2,1-9H3,(H16,61,62,63,64,65,66,67,69,70,71,72,75,76,77,78,79,80,81,82,84,85);/p-1/t28?,32-,33-,34-,35+,39-,50-,51-,54?,55+,57-,58+,59+,60+;/m1./s1. The van der Waals surface area contributed by atoms with Gasteiger partial charge in [0.15, 0.2) is 6.23 Å². The fourth-order valence-electron chi connectivity index (χ4n) is 15.1. The number of aromatic nitrogens is 2. The molecule has 28 nitrogen and oxygen atoms in total. The summed E-state index contributed by atoms with van der Waals surface area (Å²) in [6.45, 7) is 15.1. The van der Waals surface area contributed by atoms with E-state index in [1.807, 2.05) is 47.6 Å². The third-order valence-corrected chi connectivity index (χ3v) is 21.0. The topological polar surface area (TPSA) is 482 Å². The van der Waals surface area contributed by atoms with E-state index in [4.69, 9.17) is 68.5 Å². The quantitative estimate of drug-likeness (QED) is 0.0603. The van der Waals surface area contributed by atoms with Crippen molar-refractivity contribution >= 4 is 77.3 Å². The molecule has 7 heterocycles. The maximum absolute atomic E-state index is 14.3. The Morgan fingerprint density at radius 2 is 1.42 bits per heavy atom. The first-order chi connectivity index (χ1) is 41.4. The average molecular weight is 1320 g/mol. The number of allylic oxidation sites excluding steroid dienone is 6. The van der Waals surface area contributed by atoms with Gasteiger partial charge in [0.2, 0.25) is 41.4 Å². The number of aliphatic imine (C=N–C) groups is 3. The van der Waals surface area contributed by atoms with E-state index in [9.17, 15) is 58.3 Å². The molecule has 8 rings (SSSR count). The van der Waals surface area contributed by atoms with Crippen LogP contribution in [-0.2, 0) is 68.7 Å². The Bertz CT molecular complexity index is 3490. The van der Waals surface area contributed by atoms with Crippen molar-refractivity contribution in [1.29, 1.82) is 0 Å². The zero-order chi connectivity index (χ0) is 65.8. The number of nitrogens with one attached hydrogen (secondary N) is 1. The summed E-state index contributed by atoms with van der Waals surface area (Å²) >= 11 is 0. The van der Waals surface area contributed by atoms with E-state index in [0.29, 0.717) is 56.4 Å². The van der Waals surface area contributed by atoms with Crippen molar-refractivity contribution in [2.24, 2.45) is 94.7 Å². The molecule has 90 heavy (non-hydrogen) atoms. The minimum absolute atomic E-state index is 0. The van der Waals surface area contributed by atoms with E-state index < -0.39 is 143 Å².